The third kappa shape index (κ3) is 5.33. The summed E-state index contributed by atoms with van der Waals surface area (Å²) in [5.41, 5.74) is 2.39. The predicted molar refractivity (Wildman–Crippen MR) is 117 cm³/mol. The highest BCUT2D eigenvalue weighted by atomic mass is 19.1. The quantitative estimate of drug-likeness (QED) is 0.745. The van der Waals surface area contributed by atoms with Crippen molar-refractivity contribution in [3.63, 3.8) is 0 Å². The molecule has 2 heterocycles. The molecule has 1 aliphatic carbocycles. The fourth-order valence-corrected chi connectivity index (χ4v) is 4.26. The Morgan fingerprint density at radius 3 is 2.41 bits per heavy atom. The molecule has 1 saturated carbocycles. The van der Waals surface area contributed by atoms with Crippen molar-refractivity contribution in [2.45, 2.75) is 51.7 Å². The van der Waals surface area contributed by atoms with Gasteiger partial charge in [-0.1, -0.05) is 0 Å². The molecule has 1 N–H and O–H groups in total. The van der Waals surface area contributed by atoms with Crippen LogP contribution < -0.4 is 15.0 Å². The molecule has 4 rings (SSSR count). The minimum atomic E-state index is -0.349. The Labute approximate surface area is 186 Å². The molecule has 1 aromatic carbocycles. The number of nitrogens with one attached hydrogen (secondary N) is 1. The number of carbonyl (C=O) groups excluding carboxylic acids is 2. The summed E-state index contributed by atoms with van der Waals surface area (Å²) in [5, 5.41) is 3.04. The first kappa shape index (κ1) is 22.0. The van der Waals surface area contributed by atoms with E-state index < -0.39 is 0 Å². The molecule has 32 heavy (non-hydrogen) atoms. The lowest BCUT2D eigenvalue weighted by Gasteiger charge is -2.29. The first-order valence-electron chi connectivity index (χ1n) is 11.0. The van der Waals surface area contributed by atoms with Gasteiger partial charge in [-0.2, -0.15) is 0 Å². The van der Waals surface area contributed by atoms with Gasteiger partial charge in [0.2, 0.25) is 5.91 Å². The van der Waals surface area contributed by atoms with Crippen molar-refractivity contribution < 1.29 is 18.7 Å². The second kappa shape index (κ2) is 9.50. The fourth-order valence-electron chi connectivity index (χ4n) is 4.26. The molecular weight excluding hydrogens is 413 g/mol. The van der Waals surface area contributed by atoms with Crippen LogP contribution in [0.4, 0.5) is 14.9 Å². The number of aryl methyl sites for hydroxylation is 2. The van der Waals surface area contributed by atoms with E-state index in [9.17, 15) is 14.0 Å². The summed E-state index contributed by atoms with van der Waals surface area (Å²) < 4.78 is 19.1. The topological polar surface area (TPSA) is 87.7 Å². The van der Waals surface area contributed by atoms with Crippen LogP contribution in [0.25, 0.3) is 0 Å². The second-order valence-corrected chi connectivity index (χ2v) is 8.42. The number of anilines is 1. The Kier molecular flexibility index (Phi) is 6.53. The number of carbonyl (C=O) groups is 2. The van der Waals surface area contributed by atoms with Crippen molar-refractivity contribution in [2.75, 3.05) is 24.5 Å². The Bertz CT molecular complexity index is 956. The van der Waals surface area contributed by atoms with Crippen LogP contribution in [0.15, 0.2) is 30.3 Å². The summed E-state index contributed by atoms with van der Waals surface area (Å²) in [5.74, 6) is -0.514. The van der Waals surface area contributed by atoms with Gasteiger partial charge < -0.3 is 15.0 Å². The van der Waals surface area contributed by atoms with Gasteiger partial charge in [0.1, 0.15) is 18.5 Å². The van der Waals surface area contributed by atoms with Crippen LogP contribution >= 0.6 is 0 Å². The molecule has 1 saturated heterocycles. The van der Waals surface area contributed by atoms with Gasteiger partial charge in [0.25, 0.3) is 0 Å². The molecule has 0 atom stereocenters. The molecule has 1 aliphatic heterocycles. The maximum absolute atomic E-state index is 13.1. The van der Waals surface area contributed by atoms with Gasteiger partial charge in [0, 0.05) is 36.2 Å². The number of rotatable bonds is 6. The van der Waals surface area contributed by atoms with Crippen molar-refractivity contribution in [1.29, 1.82) is 0 Å². The normalized spacial score (nSPS) is 21.0. The minimum absolute atomic E-state index is 0.0172. The van der Waals surface area contributed by atoms with Crippen molar-refractivity contribution in [3.05, 3.63) is 47.5 Å². The molecule has 0 unspecified atom stereocenters. The lowest BCUT2D eigenvalue weighted by Crippen LogP contribution is -2.45. The second-order valence-electron chi connectivity index (χ2n) is 8.42. The molecule has 3 amide bonds. The van der Waals surface area contributed by atoms with Gasteiger partial charge in [0.05, 0.1) is 0 Å². The Balaban J connectivity index is 1.22. The van der Waals surface area contributed by atoms with Crippen LogP contribution in [0.3, 0.4) is 0 Å². The van der Waals surface area contributed by atoms with E-state index in [1.807, 2.05) is 19.9 Å². The van der Waals surface area contributed by atoms with Crippen molar-refractivity contribution >= 4 is 17.6 Å². The van der Waals surface area contributed by atoms with Gasteiger partial charge in [-0.05, 0) is 69.9 Å². The molecule has 2 fully saturated rings. The number of nitrogens with zero attached hydrogens (tertiary/aromatic N) is 4. The summed E-state index contributed by atoms with van der Waals surface area (Å²) >= 11 is 0. The van der Waals surface area contributed by atoms with E-state index in [1.54, 1.807) is 17.0 Å². The number of halogens is 1. The highest BCUT2D eigenvalue weighted by molar-refractivity contribution is 5.96. The van der Waals surface area contributed by atoms with Crippen molar-refractivity contribution in [3.8, 4) is 6.01 Å². The number of hydrogen-bond acceptors (Lipinski definition) is 5. The van der Waals surface area contributed by atoms with E-state index >= 15 is 0 Å². The van der Waals surface area contributed by atoms with Gasteiger partial charge in [0.15, 0.2) is 0 Å². The first-order valence-corrected chi connectivity index (χ1v) is 11.0. The van der Waals surface area contributed by atoms with Gasteiger partial charge in [-0.25, -0.2) is 19.2 Å². The zero-order valence-electron chi connectivity index (χ0n) is 18.4. The lowest BCUT2D eigenvalue weighted by atomic mass is 9.93. The molecule has 1 aromatic heterocycles. The monoisotopic (exact) mass is 441 g/mol. The van der Waals surface area contributed by atoms with E-state index in [0.717, 1.165) is 37.1 Å². The van der Waals surface area contributed by atoms with Crippen LogP contribution in [0.1, 0.15) is 37.1 Å². The zero-order chi connectivity index (χ0) is 22.7. The van der Waals surface area contributed by atoms with Crippen LogP contribution in [-0.4, -0.2) is 58.6 Å². The van der Waals surface area contributed by atoms with Crippen molar-refractivity contribution in [1.82, 2.24) is 20.2 Å². The molecule has 0 spiro atoms. The maximum atomic E-state index is 13.1. The lowest BCUT2D eigenvalue weighted by molar-refractivity contribution is -0.122. The van der Waals surface area contributed by atoms with Crippen LogP contribution in [0, 0.1) is 19.7 Å². The molecular formula is C23H28FN5O3. The SMILES string of the molecule is Cc1cc(C)nc(OC2CCC(NC(=O)CN3CCN(c4ccc(F)cc4)C3=O)CC2)n1. The van der Waals surface area contributed by atoms with Crippen LogP contribution in [0.2, 0.25) is 0 Å². The maximum Gasteiger partial charge on any atom is 0.325 e. The minimum Gasteiger partial charge on any atom is -0.460 e. The van der Waals surface area contributed by atoms with Crippen LogP contribution in [0.5, 0.6) is 6.01 Å². The van der Waals surface area contributed by atoms with Gasteiger partial charge >= 0.3 is 12.0 Å². The molecule has 9 heteroatoms. The number of hydrogen-bond donors (Lipinski definition) is 1. The molecule has 2 aliphatic rings. The Morgan fingerprint density at radius 1 is 1.09 bits per heavy atom. The highest BCUT2D eigenvalue weighted by Crippen LogP contribution is 2.23. The Hall–Kier alpha value is -3.23. The molecule has 0 radical (unpaired) electrons. The number of urea groups is 1. The molecule has 8 nitrogen and oxygen atoms in total. The Morgan fingerprint density at radius 2 is 1.75 bits per heavy atom. The average molecular weight is 442 g/mol. The van der Waals surface area contributed by atoms with E-state index in [4.69, 9.17) is 4.74 Å². The van der Waals surface area contributed by atoms with E-state index in [-0.39, 0.29) is 36.4 Å². The summed E-state index contributed by atoms with van der Waals surface area (Å²) in [4.78, 5) is 36.9. The molecule has 0 bridgehead atoms. The standard InChI is InChI=1S/C23H28FN5O3/c1-15-13-16(2)26-22(25-15)32-20-9-5-18(6-10-20)27-21(30)14-28-11-12-29(23(28)31)19-7-3-17(24)4-8-19/h3-4,7-8,13,18,20H,5-6,9-12,14H2,1-2H3,(H,27,30). The molecule has 170 valence electrons. The average Bonchev–Trinajstić information content (AvgIpc) is 3.09. The largest absolute Gasteiger partial charge is 0.460 e. The summed E-state index contributed by atoms with van der Waals surface area (Å²) in [7, 11) is 0. The van der Waals surface area contributed by atoms with E-state index in [1.165, 1.54) is 17.0 Å². The molecule has 2 aromatic rings. The van der Waals surface area contributed by atoms with E-state index in [2.05, 4.69) is 15.3 Å². The van der Waals surface area contributed by atoms with Gasteiger partial charge in [-0.15, -0.1) is 0 Å². The number of ether oxygens (including phenoxy) is 1. The van der Waals surface area contributed by atoms with Crippen LogP contribution in [-0.2, 0) is 4.79 Å². The summed E-state index contributed by atoms with van der Waals surface area (Å²) in [6, 6.07) is 7.93. The van der Waals surface area contributed by atoms with Gasteiger partial charge in [-0.3, -0.25) is 9.69 Å². The fraction of sp³-hybridized carbons (Fsp3) is 0.478. The number of benzene rings is 1. The first-order chi connectivity index (χ1) is 15.4. The third-order valence-corrected chi connectivity index (χ3v) is 5.84. The summed E-state index contributed by atoms with van der Waals surface area (Å²) in [6.07, 6.45) is 3.26. The van der Waals surface area contributed by atoms with E-state index in [0.29, 0.717) is 24.8 Å². The smallest absolute Gasteiger partial charge is 0.325 e. The highest BCUT2D eigenvalue weighted by Gasteiger charge is 2.32. The number of aromatic nitrogens is 2. The van der Waals surface area contributed by atoms with Crippen molar-refractivity contribution in [2.24, 2.45) is 0 Å². The predicted octanol–water partition coefficient (Wildman–Crippen LogP) is 2.98. The third-order valence-electron chi connectivity index (χ3n) is 5.84. The zero-order valence-corrected chi connectivity index (χ0v) is 18.4. The number of amides is 3. The summed E-state index contributed by atoms with van der Waals surface area (Å²) in [6.45, 7) is 4.78.